The number of aromatic nitrogens is 1. The van der Waals surface area contributed by atoms with Gasteiger partial charge in [-0.05, 0) is 42.0 Å². The summed E-state index contributed by atoms with van der Waals surface area (Å²) < 4.78 is 39.2. The molecule has 3 aromatic rings. The summed E-state index contributed by atoms with van der Waals surface area (Å²) in [6.07, 6.45) is -2.99. The van der Waals surface area contributed by atoms with Crippen LogP contribution in [0.3, 0.4) is 0 Å². The third kappa shape index (κ3) is 4.81. The van der Waals surface area contributed by atoms with Crippen molar-refractivity contribution in [1.82, 2.24) is 4.57 Å². The zero-order chi connectivity index (χ0) is 21.2. The molecule has 0 fully saturated rings. The van der Waals surface area contributed by atoms with Gasteiger partial charge in [0.05, 0.1) is 27.8 Å². The summed E-state index contributed by atoms with van der Waals surface area (Å²) in [5.74, 6) is -0.680. The molecule has 0 unspecified atom stereocenters. The van der Waals surface area contributed by atoms with Gasteiger partial charge in [-0.25, -0.2) is 0 Å². The molecule has 0 aliphatic rings. The molecule has 0 atom stereocenters. The zero-order valence-electron chi connectivity index (χ0n) is 14.6. The van der Waals surface area contributed by atoms with Gasteiger partial charge in [-0.15, -0.1) is 0 Å². The summed E-state index contributed by atoms with van der Waals surface area (Å²) in [6, 6.07) is 12.0. The van der Waals surface area contributed by atoms with Gasteiger partial charge >= 0.3 is 6.18 Å². The predicted molar refractivity (Wildman–Crippen MR) is 106 cm³/mol. The number of rotatable bonds is 4. The highest BCUT2D eigenvalue weighted by atomic mass is 35.5. The van der Waals surface area contributed by atoms with Crippen molar-refractivity contribution < 1.29 is 18.0 Å². The molecule has 1 N–H and O–H groups in total. The summed E-state index contributed by atoms with van der Waals surface area (Å²) in [5.41, 5.74) is -0.782. The Labute approximate surface area is 173 Å². The molecule has 2 aromatic carbocycles. The van der Waals surface area contributed by atoms with Gasteiger partial charge in [0, 0.05) is 6.20 Å². The molecule has 150 valence electrons. The fourth-order valence-electron chi connectivity index (χ4n) is 2.62. The smallest absolute Gasteiger partial charge is 0.320 e. The largest absolute Gasteiger partial charge is 0.416 e. The Balaban J connectivity index is 1.83. The molecule has 1 heterocycles. The lowest BCUT2D eigenvalue weighted by molar-refractivity contribution is -0.137. The van der Waals surface area contributed by atoms with Crippen LogP contribution in [0, 0.1) is 0 Å². The van der Waals surface area contributed by atoms with Gasteiger partial charge in [-0.2, -0.15) is 13.2 Å². The highest BCUT2D eigenvalue weighted by Gasteiger charge is 2.29. The number of carbonyl (C=O) groups excluding carboxylic acids is 1. The highest BCUT2D eigenvalue weighted by molar-refractivity contribution is 6.44. The maximum Gasteiger partial charge on any atom is 0.416 e. The maximum atomic E-state index is 12.7. The van der Waals surface area contributed by atoms with E-state index in [1.165, 1.54) is 41.1 Å². The van der Waals surface area contributed by atoms with E-state index in [0.717, 1.165) is 12.1 Å². The van der Waals surface area contributed by atoms with E-state index in [0.29, 0.717) is 5.56 Å². The standard InChI is InChI=1S/C20H13Cl2F3N2O2/c21-15-4-1-5-16(17(15)22)26-18(28)14-3-2-10-27(19(14)29)11-12-6-8-13(9-7-12)20(23,24)25/h1-10H,11H2,(H,26,28). The highest BCUT2D eigenvalue weighted by Crippen LogP contribution is 2.30. The molecule has 0 aliphatic heterocycles. The van der Waals surface area contributed by atoms with Crippen molar-refractivity contribution in [2.45, 2.75) is 12.7 Å². The van der Waals surface area contributed by atoms with E-state index < -0.39 is 23.2 Å². The van der Waals surface area contributed by atoms with Crippen LogP contribution in [0.2, 0.25) is 10.0 Å². The van der Waals surface area contributed by atoms with Crippen LogP contribution in [-0.2, 0) is 12.7 Å². The minimum absolute atomic E-state index is 0.00993. The number of nitrogens with zero attached hydrogens (tertiary/aromatic N) is 1. The summed E-state index contributed by atoms with van der Waals surface area (Å²) in [5, 5.41) is 2.92. The molecule has 0 aliphatic carbocycles. The second kappa shape index (κ2) is 8.31. The van der Waals surface area contributed by atoms with Crippen LogP contribution < -0.4 is 10.9 Å². The molecule has 1 aromatic heterocycles. The average molecular weight is 441 g/mol. The van der Waals surface area contributed by atoms with Crippen LogP contribution in [0.5, 0.6) is 0 Å². The normalized spacial score (nSPS) is 11.3. The number of anilines is 1. The number of pyridine rings is 1. The Morgan fingerprint density at radius 3 is 2.34 bits per heavy atom. The second-order valence-corrected chi connectivity index (χ2v) is 6.89. The Bertz CT molecular complexity index is 1110. The summed E-state index contributed by atoms with van der Waals surface area (Å²) >= 11 is 11.9. The Hall–Kier alpha value is -2.77. The predicted octanol–water partition coefficient (Wildman–Crippen LogP) is 5.47. The zero-order valence-corrected chi connectivity index (χ0v) is 16.1. The molecular formula is C20H13Cl2F3N2O2. The topological polar surface area (TPSA) is 51.1 Å². The van der Waals surface area contributed by atoms with E-state index in [2.05, 4.69) is 5.32 Å². The van der Waals surface area contributed by atoms with Crippen molar-refractivity contribution in [3.8, 4) is 0 Å². The molecular weight excluding hydrogens is 428 g/mol. The Morgan fingerprint density at radius 2 is 1.69 bits per heavy atom. The van der Waals surface area contributed by atoms with Crippen LogP contribution in [0.1, 0.15) is 21.5 Å². The molecule has 3 rings (SSSR count). The molecule has 0 spiro atoms. The first-order chi connectivity index (χ1) is 13.7. The van der Waals surface area contributed by atoms with Crippen molar-refractivity contribution >= 4 is 34.8 Å². The number of benzene rings is 2. The molecule has 9 heteroatoms. The fourth-order valence-corrected chi connectivity index (χ4v) is 2.97. The quantitative estimate of drug-likeness (QED) is 0.584. The van der Waals surface area contributed by atoms with Crippen LogP contribution in [0.15, 0.2) is 65.6 Å². The van der Waals surface area contributed by atoms with Gasteiger partial charge < -0.3 is 9.88 Å². The van der Waals surface area contributed by atoms with Gasteiger partial charge in [0.15, 0.2) is 0 Å². The van der Waals surface area contributed by atoms with Crippen LogP contribution >= 0.6 is 23.2 Å². The lowest BCUT2D eigenvalue weighted by atomic mass is 10.1. The fraction of sp³-hybridized carbons (Fsp3) is 0.100. The minimum atomic E-state index is -4.44. The molecule has 29 heavy (non-hydrogen) atoms. The first-order valence-corrected chi connectivity index (χ1v) is 9.03. The molecule has 0 radical (unpaired) electrons. The molecule has 0 saturated heterocycles. The van der Waals surface area contributed by atoms with Crippen molar-refractivity contribution in [3.05, 3.63) is 97.9 Å². The lowest BCUT2D eigenvalue weighted by Gasteiger charge is -2.11. The maximum absolute atomic E-state index is 12.7. The van der Waals surface area contributed by atoms with Crippen molar-refractivity contribution in [2.24, 2.45) is 0 Å². The lowest BCUT2D eigenvalue weighted by Crippen LogP contribution is -2.29. The van der Waals surface area contributed by atoms with Gasteiger partial charge in [-0.1, -0.05) is 41.4 Å². The number of hydrogen-bond acceptors (Lipinski definition) is 2. The van der Waals surface area contributed by atoms with E-state index in [-0.39, 0.29) is 27.8 Å². The third-order valence-electron chi connectivity index (χ3n) is 4.10. The van der Waals surface area contributed by atoms with Crippen molar-refractivity contribution in [3.63, 3.8) is 0 Å². The minimum Gasteiger partial charge on any atom is -0.320 e. The van der Waals surface area contributed by atoms with Gasteiger partial charge in [0.25, 0.3) is 11.5 Å². The molecule has 1 amide bonds. The molecule has 0 saturated carbocycles. The monoisotopic (exact) mass is 440 g/mol. The van der Waals surface area contributed by atoms with E-state index >= 15 is 0 Å². The summed E-state index contributed by atoms with van der Waals surface area (Å²) in [4.78, 5) is 25.2. The SMILES string of the molecule is O=C(Nc1cccc(Cl)c1Cl)c1cccn(Cc2ccc(C(F)(F)F)cc2)c1=O. The number of nitrogens with one attached hydrogen (secondary N) is 1. The Kier molecular flexibility index (Phi) is 6.00. The first-order valence-electron chi connectivity index (χ1n) is 8.28. The summed E-state index contributed by atoms with van der Waals surface area (Å²) in [6.45, 7) is 0.00993. The van der Waals surface area contributed by atoms with Crippen molar-refractivity contribution in [2.75, 3.05) is 5.32 Å². The van der Waals surface area contributed by atoms with Crippen LogP contribution in [-0.4, -0.2) is 10.5 Å². The first kappa shape index (κ1) is 21.0. The number of hydrogen-bond donors (Lipinski definition) is 1. The second-order valence-electron chi connectivity index (χ2n) is 6.11. The van der Waals surface area contributed by atoms with Crippen LogP contribution in [0.25, 0.3) is 0 Å². The van der Waals surface area contributed by atoms with Gasteiger partial charge in [0.1, 0.15) is 5.56 Å². The van der Waals surface area contributed by atoms with Crippen molar-refractivity contribution in [1.29, 1.82) is 0 Å². The van der Waals surface area contributed by atoms with Gasteiger partial charge in [-0.3, -0.25) is 9.59 Å². The number of halogens is 5. The number of alkyl halides is 3. The third-order valence-corrected chi connectivity index (χ3v) is 4.92. The average Bonchev–Trinajstić information content (AvgIpc) is 2.67. The number of amides is 1. The van der Waals surface area contributed by atoms with E-state index in [1.54, 1.807) is 12.1 Å². The van der Waals surface area contributed by atoms with Gasteiger partial charge in [0.2, 0.25) is 0 Å². The van der Waals surface area contributed by atoms with E-state index in [1.807, 2.05) is 0 Å². The van der Waals surface area contributed by atoms with Crippen LogP contribution in [0.4, 0.5) is 18.9 Å². The Morgan fingerprint density at radius 1 is 1.00 bits per heavy atom. The number of carbonyl (C=O) groups is 1. The summed E-state index contributed by atoms with van der Waals surface area (Å²) in [7, 11) is 0. The van der Waals surface area contributed by atoms with E-state index in [9.17, 15) is 22.8 Å². The van der Waals surface area contributed by atoms with E-state index in [4.69, 9.17) is 23.2 Å². The molecule has 4 nitrogen and oxygen atoms in total. The molecule has 0 bridgehead atoms.